The van der Waals surface area contributed by atoms with E-state index >= 15 is 0 Å². The Morgan fingerprint density at radius 1 is 1.17 bits per heavy atom. The van der Waals surface area contributed by atoms with E-state index in [-0.39, 0.29) is 24.4 Å². The number of aromatic nitrogens is 2. The first kappa shape index (κ1) is 19.0. The van der Waals surface area contributed by atoms with Crippen LogP contribution in [0.5, 0.6) is 0 Å². The predicted octanol–water partition coefficient (Wildman–Crippen LogP) is 4.60. The Balaban J connectivity index is 1.59. The standard InChI is InChI=1S/C22H18FN3O2S/c1-14-19(15-6-3-2-4-7-15)20-21(29-14)24-13-26(22(20)28)11-10-18(27)25-17-9-5-8-16(23)12-17/h2-9,12-13H,10-11H2,1H3,(H,25,27). The third-order valence-electron chi connectivity index (χ3n) is 4.61. The van der Waals surface area contributed by atoms with Gasteiger partial charge in [0.15, 0.2) is 0 Å². The van der Waals surface area contributed by atoms with Gasteiger partial charge < -0.3 is 5.32 Å². The predicted molar refractivity (Wildman–Crippen MR) is 114 cm³/mol. The fourth-order valence-corrected chi connectivity index (χ4v) is 4.26. The molecule has 2 aromatic heterocycles. The van der Waals surface area contributed by atoms with E-state index in [1.54, 1.807) is 6.07 Å². The highest BCUT2D eigenvalue weighted by atomic mass is 32.1. The number of aryl methyl sites for hydroxylation is 2. The monoisotopic (exact) mass is 407 g/mol. The maximum absolute atomic E-state index is 13.2. The molecule has 0 bridgehead atoms. The van der Waals surface area contributed by atoms with Crippen LogP contribution in [0.3, 0.4) is 0 Å². The summed E-state index contributed by atoms with van der Waals surface area (Å²) < 4.78 is 14.7. The van der Waals surface area contributed by atoms with Crippen molar-refractivity contribution in [2.24, 2.45) is 0 Å². The molecule has 0 aliphatic carbocycles. The second-order valence-electron chi connectivity index (χ2n) is 6.63. The molecule has 2 aromatic carbocycles. The summed E-state index contributed by atoms with van der Waals surface area (Å²) >= 11 is 1.48. The topological polar surface area (TPSA) is 64.0 Å². The van der Waals surface area contributed by atoms with Gasteiger partial charge in [-0.05, 0) is 30.7 Å². The van der Waals surface area contributed by atoms with Gasteiger partial charge in [0, 0.05) is 29.1 Å². The van der Waals surface area contributed by atoms with Crippen LogP contribution in [-0.2, 0) is 11.3 Å². The molecule has 0 aliphatic rings. The molecule has 0 spiro atoms. The molecular weight excluding hydrogens is 389 g/mol. The van der Waals surface area contributed by atoms with Crippen LogP contribution in [0.25, 0.3) is 21.3 Å². The second kappa shape index (κ2) is 7.97. The zero-order valence-electron chi connectivity index (χ0n) is 15.7. The number of hydrogen-bond donors (Lipinski definition) is 1. The van der Waals surface area contributed by atoms with E-state index in [2.05, 4.69) is 10.3 Å². The van der Waals surface area contributed by atoms with Crippen molar-refractivity contribution >= 4 is 33.1 Å². The highest BCUT2D eigenvalue weighted by molar-refractivity contribution is 7.19. The first-order valence-electron chi connectivity index (χ1n) is 9.12. The zero-order valence-corrected chi connectivity index (χ0v) is 16.5. The minimum Gasteiger partial charge on any atom is -0.326 e. The molecule has 7 heteroatoms. The van der Waals surface area contributed by atoms with Gasteiger partial charge in [-0.25, -0.2) is 9.37 Å². The summed E-state index contributed by atoms with van der Waals surface area (Å²) in [6, 6.07) is 15.4. The average molecular weight is 407 g/mol. The Morgan fingerprint density at radius 2 is 1.97 bits per heavy atom. The molecule has 0 unspecified atom stereocenters. The van der Waals surface area contributed by atoms with E-state index in [0.717, 1.165) is 16.0 Å². The fourth-order valence-electron chi connectivity index (χ4n) is 3.26. The van der Waals surface area contributed by atoms with Crippen molar-refractivity contribution in [2.45, 2.75) is 19.9 Å². The molecule has 29 heavy (non-hydrogen) atoms. The molecule has 0 radical (unpaired) electrons. The molecule has 4 rings (SSSR count). The maximum Gasteiger partial charge on any atom is 0.262 e. The van der Waals surface area contributed by atoms with E-state index in [1.165, 1.54) is 40.4 Å². The van der Waals surface area contributed by atoms with Crippen molar-refractivity contribution in [1.29, 1.82) is 0 Å². The van der Waals surface area contributed by atoms with Gasteiger partial charge in [0.2, 0.25) is 5.91 Å². The van der Waals surface area contributed by atoms with Crippen LogP contribution in [0.2, 0.25) is 0 Å². The summed E-state index contributed by atoms with van der Waals surface area (Å²) in [5, 5.41) is 3.21. The molecule has 0 fully saturated rings. The molecule has 2 heterocycles. The summed E-state index contributed by atoms with van der Waals surface area (Å²) in [4.78, 5) is 31.4. The summed E-state index contributed by atoms with van der Waals surface area (Å²) in [5.41, 5.74) is 2.07. The van der Waals surface area contributed by atoms with Crippen molar-refractivity contribution in [2.75, 3.05) is 5.32 Å². The lowest BCUT2D eigenvalue weighted by molar-refractivity contribution is -0.116. The Bertz CT molecular complexity index is 1250. The second-order valence-corrected chi connectivity index (χ2v) is 7.83. The third kappa shape index (κ3) is 3.95. The van der Waals surface area contributed by atoms with Gasteiger partial charge in [-0.3, -0.25) is 14.2 Å². The molecule has 5 nitrogen and oxygen atoms in total. The van der Waals surface area contributed by atoms with Crippen LogP contribution in [0.15, 0.2) is 65.7 Å². The lowest BCUT2D eigenvalue weighted by atomic mass is 10.0. The minimum atomic E-state index is -0.421. The molecule has 0 atom stereocenters. The number of nitrogens with zero attached hydrogens (tertiary/aromatic N) is 2. The van der Waals surface area contributed by atoms with Crippen molar-refractivity contribution < 1.29 is 9.18 Å². The van der Waals surface area contributed by atoms with Gasteiger partial charge in [0.25, 0.3) is 5.56 Å². The number of hydrogen-bond acceptors (Lipinski definition) is 4. The molecule has 0 saturated carbocycles. The van der Waals surface area contributed by atoms with Gasteiger partial charge in [-0.2, -0.15) is 0 Å². The van der Waals surface area contributed by atoms with Crippen LogP contribution in [0.1, 0.15) is 11.3 Å². The van der Waals surface area contributed by atoms with Gasteiger partial charge in [0.05, 0.1) is 11.7 Å². The number of anilines is 1. The van der Waals surface area contributed by atoms with E-state index < -0.39 is 5.82 Å². The van der Waals surface area contributed by atoms with Crippen molar-refractivity contribution in [3.05, 3.63) is 82.0 Å². The quantitative estimate of drug-likeness (QED) is 0.526. The fraction of sp³-hybridized carbons (Fsp3) is 0.136. The normalized spacial score (nSPS) is 11.0. The number of halogens is 1. The van der Waals surface area contributed by atoms with Crippen molar-refractivity contribution in [3.63, 3.8) is 0 Å². The van der Waals surface area contributed by atoms with E-state index in [0.29, 0.717) is 15.9 Å². The average Bonchev–Trinajstić information content (AvgIpc) is 3.05. The largest absolute Gasteiger partial charge is 0.326 e. The zero-order chi connectivity index (χ0) is 20.4. The molecular formula is C22H18FN3O2S. The third-order valence-corrected chi connectivity index (χ3v) is 5.62. The van der Waals surface area contributed by atoms with Gasteiger partial charge >= 0.3 is 0 Å². The Morgan fingerprint density at radius 3 is 2.72 bits per heavy atom. The lowest BCUT2D eigenvalue weighted by Crippen LogP contribution is -2.23. The van der Waals surface area contributed by atoms with Crippen molar-refractivity contribution in [1.82, 2.24) is 9.55 Å². The maximum atomic E-state index is 13.2. The number of benzene rings is 2. The van der Waals surface area contributed by atoms with Gasteiger partial charge in [0.1, 0.15) is 10.6 Å². The molecule has 1 N–H and O–H groups in total. The molecule has 0 aliphatic heterocycles. The highest BCUT2D eigenvalue weighted by Crippen LogP contribution is 2.35. The molecule has 4 aromatic rings. The number of amides is 1. The number of thiophene rings is 1. The highest BCUT2D eigenvalue weighted by Gasteiger charge is 2.17. The molecule has 0 saturated heterocycles. The van der Waals surface area contributed by atoms with Crippen LogP contribution in [0.4, 0.5) is 10.1 Å². The first-order chi connectivity index (χ1) is 14.0. The number of fused-ring (bicyclic) bond motifs is 1. The van der Waals surface area contributed by atoms with Crippen molar-refractivity contribution in [3.8, 4) is 11.1 Å². The Hall–Kier alpha value is -3.32. The minimum absolute atomic E-state index is 0.0768. The van der Waals surface area contributed by atoms with Crippen LogP contribution < -0.4 is 10.9 Å². The van der Waals surface area contributed by atoms with E-state index in [1.807, 2.05) is 37.3 Å². The summed E-state index contributed by atoms with van der Waals surface area (Å²) in [7, 11) is 0. The number of rotatable bonds is 5. The Labute approximate surface area is 170 Å². The van der Waals surface area contributed by atoms with E-state index in [9.17, 15) is 14.0 Å². The first-order valence-corrected chi connectivity index (χ1v) is 9.94. The summed E-state index contributed by atoms with van der Waals surface area (Å²) in [6.45, 7) is 2.16. The van der Waals surface area contributed by atoms with Crippen LogP contribution in [0, 0.1) is 12.7 Å². The van der Waals surface area contributed by atoms with Crippen LogP contribution in [-0.4, -0.2) is 15.5 Å². The summed E-state index contributed by atoms with van der Waals surface area (Å²) in [5.74, 6) is -0.720. The number of nitrogens with one attached hydrogen (secondary N) is 1. The smallest absolute Gasteiger partial charge is 0.262 e. The Kier molecular flexibility index (Phi) is 5.22. The van der Waals surface area contributed by atoms with Gasteiger partial charge in [-0.15, -0.1) is 11.3 Å². The number of carbonyl (C=O) groups excluding carboxylic acids is 1. The van der Waals surface area contributed by atoms with E-state index in [4.69, 9.17) is 0 Å². The summed E-state index contributed by atoms with van der Waals surface area (Å²) in [6.07, 6.45) is 1.55. The SMILES string of the molecule is Cc1sc2ncn(CCC(=O)Nc3cccc(F)c3)c(=O)c2c1-c1ccccc1. The lowest BCUT2D eigenvalue weighted by Gasteiger charge is -2.08. The molecule has 146 valence electrons. The molecule has 1 amide bonds. The van der Waals surface area contributed by atoms with Crippen LogP contribution >= 0.6 is 11.3 Å². The van der Waals surface area contributed by atoms with Gasteiger partial charge in [-0.1, -0.05) is 36.4 Å². The number of carbonyl (C=O) groups is 1.